The number of halogens is 2. The Kier molecular flexibility index (Phi) is 2.94. The average molecular weight is 170 g/mol. The normalized spacial score (nSPS) is 14.4. The number of hydrogen-bond donors (Lipinski definition) is 1. The summed E-state index contributed by atoms with van der Waals surface area (Å²) in [6, 6.07) is 8.06. The number of rotatable bonds is 2. The van der Waals surface area contributed by atoms with Crippen LogP contribution in [0.4, 0.5) is 8.78 Å². The second-order valence-electron chi connectivity index (χ2n) is 2.31. The zero-order chi connectivity index (χ0) is 8.97. The molecule has 0 aliphatic rings. The summed E-state index contributed by atoms with van der Waals surface area (Å²) in [6.45, 7) is 0. The molecule has 0 heterocycles. The van der Waals surface area contributed by atoms with Crippen molar-refractivity contribution in [3.05, 3.63) is 48.1 Å². The molecule has 1 rings (SSSR count). The minimum absolute atomic E-state index is 0.238. The molecule has 3 heteroatoms. The van der Waals surface area contributed by atoms with Crippen LogP contribution in [0.25, 0.3) is 0 Å². The summed E-state index contributed by atoms with van der Waals surface area (Å²) in [4.78, 5) is 0. The highest BCUT2D eigenvalue weighted by Crippen LogP contribution is 2.21. The molecule has 0 aromatic heterocycles. The van der Waals surface area contributed by atoms with Gasteiger partial charge in [0.1, 0.15) is 12.4 Å². The van der Waals surface area contributed by atoms with E-state index in [1.54, 1.807) is 18.2 Å². The second kappa shape index (κ2) is 3.97. The van der Waals surface area contributed by atoms with Crippen molar-refractivity contribution in [3.63, 3.8) is 0 Å². The maximum atomic E-state index is 12.4. The predicted octanol–water partition coefficient (Wildman–Crippen LogP) is 2.50. The van der Waals surface area contributed by atoms with Gasteiger partial charge >= 0.3 is 0 Å². The van der Waals surface area contributed by atoms with Gasteiger partial charge in [0.2, 0.25) is 0 Å². The smallest absolute Gasteiger partial charge is 0.161 e. The van der Waals surface area contributed by atoms with Crippen LogP contribution < -0.4 is 0 Å². The van der Waals surface area contributed by atoms with Crippen LogP contribution in [0.1, 0.15) is 11.7 Å². The molecule has 1 aromatic rings. The summed E-state index contributed by atoms with van der Waals surface area (Å²) >= 11 is 0. The molecule has 0 spiro atoms. The zero-order valence-corrected chi connectivity index (χ0v) is 6.24. The molecule has 1 aromatic carbocycles. The van der Waals surface area contributed by atoms with Gasteiger partial charge in [-0.25, -0.2) is 8.78 Å². The van der Waals surface area contributed by atoms with Gasteiger partial charge in [-0.1, -0.05) is 30.3 Å². The number of aliphatic hydroxyl groups excluding tert-OH is 1. The van der Waals surface area contributed by atoms with Crippen LogP contribution in [-0.2, 0) is 0 Å². The molecular weight excluding hydrogens is 162 g/mol. The summed E-state index contributed by atoms with van der Waals surface area (Å²) in [5, 5.41) is 9.11. The first-order valence-corrected chi connectivity index (χ1v) is 3.44. The van der Waals surface area contributed by atoms with Crippen LogP contribution in [0.2, 0.25) is 0 Å². The molecule has 64 valence electrons. The Bertz CT molecular complexity index is 269. The molecule has 1 N–H and O–H groups in total. The van der Waals surface area contributed by atoms with E-state index in [9.17, 15) is 8.78 Å². The van der Waals surface area contributed by atoms with Gasteiger partial charge in [-0.05, 0) is 5.56 Å². The molecule has 0 radical (unpaired) electrons. The van der Waals surface area contributed by atoms with Crippen LogP contribution in [0, 0.1) is 0 Å². The second-order valence-corrected chi connectivity index (χ2v) is 2.31. The van der Waals surface area contributed by atoms with Gasteiger partial charge < -0.3 is 5.11 Å². The predicted molar refractivity (Wildman–Crippen MR) is 41.7 cm³/mol. The highest BCUT2D eigenvalue weighted by molar-refractivity contribution is 5.22. The lowest BCUT2D eigenvalue weighted by atomic mass is 10.1. The molecule has 0 saturated carbocycles. The third-order valence-corrected chi connectivity index (χ3v) is 1.48. The minimum atomic E-state index is -1.49. The van der Waals surface area contributed by atoms with Crippen LogP contribution >= 0.6 is 0 Å². The lowest BCUT2D eigenvalue weighted by molar-refractivity contribution is 0.183. The monoisotopic (exact) mass is 170 g/mol. The summed E-state index contributed by atoms with van der Waals surface area (Å²) in [5.41, 5.74) is 0.337. The Morgan fingerprint density at radius 1 is 1.33 bits per heavy atom. The van der Waals surface area contributed by atoms with Crippen molar-refractivity contribution in [2.24, 2.45) is 0 Å². The lowest BCUT2D eigenvalue weighted by Crippen LogP contribution is -1.96. The van der Waals surface area contributed by atoms with Crippen molar-refractivity contribution in [3.8, 4) is 0 Å². The van der Waals surface area contributed by atoms with Crippen LogP contribution in [0.3, 0.4) is 0 Å². The van der Waals surface area contributed by atoms with Crippen LogP contribution in [0.5, 0.6) is 0 Å². The molecule has 0 aliphatic heterocycles. The third-order valence-electron chi connectivity index (χ3n) is 1.48. The average Bonchev–Trinajstić information content (AvgIpc) is 2.17. The van der Waals surface area contributed by atoms with Crippen molar-refractivity contribution in [1.29, 1.82) is 0 Å². The van der Waals surface area contributed by atoms with Gasteiger partial charge in [0, 0.05) is 0 Å². The van der Waals surface area contributed by atoms with Gasteiger partial charge in [-0.15, -0.1) is 0 Å². The van der Waals surface area contributed by atoms with E-state index >= 15 is 0 Å². The highest BCUT2D eigenvalue weighted by Gasteiger charge is 2.11. The van der Waals surface area contributed by atoms with Gasteiger partial charge in [0.15, 0.2) is 5.83 Å². The van der Waals surface area contributed by atoms with Crippen LogP contribution in [0.15, 0.2) is 42.5 Å². The van der Waals surface area contributed by atoms with Crippen molar-refractivity contribution in [1.82, 2.24) is 0 Å². The van der Waals surface area contributed by atoms with E-state index in [0.717, 1.165) is 0 Å². The van der Waals surface area contributed by atoms with E-state index in [1.807, 2.05) is 0 Å². The zero-order valence-electron chi connectivity index (χ0n) is 6.24. The van der Waals surface area contributed by atoms with Crippen molar-refractivity contribution < 1.29 is 13.9 Å². The Morgan fingerprint density at radius 2 is 1.92 bits per heavy atom. The topological polar surface area (TPSA) is 20.2 Å². The Hall–Kier alpha value is -1.22. The van der Waals surface area contributed by atoms with Gasteiger partial charge in [-0.2, -0.15) is 0 Å². The van der Waals surface area contributed by atoms with Crippen molar-refractivity contribution in [2.75, 3.05) is 0 Å². The molecule has 0 aliphatic carbocycles. The maximum absolute atomic E-state index is 12.4. The summed E-state index contributed by atoms with van der Waals surface area (Å²) < 4.78 is 24.1. The van der Waals surface area contributed by atoms with E-state index in [4.69, 9.17) is 5.11 Å². The SMILES string of the molecule is OC(/C(F)=C/F)c1ccccc1. The quantitative estimate of drug-likeness (QED) is 0.722. The molecule has 0 saturated heterocycles. The molecule has 0 amide bonds. The van der Waals surface area contributed by atoms with Gasteiger partial charge in [0.05, 0.1) is 0 Å². The first-order chi connectivity index (χ1) is 5.75. The summed E-state index contributed by atoms with van der Waals surface area (Å²) in [6.07, 6.45) is -1.73. The third kappa shape index (κ3) is 1.89. The fraction of sp³-hybridized carbons (Fsp3) is 0.111. The Morgan fingerprint density at radius 3 is 2.42 bits per heavy atom. The van der Waals surface area contributed by atoms with E-state index in [-0.39, 0.29) is 6.33 Å². The molecule has 1 unspecified atom stereocenters. The molecule has 1 atom stereocenters. The maximum Gasteiger partial charge on any atom is 0.161 e. The standard InChI is InChI=1S/C9H8F2O/c10-6-8(11)9(12)7-4-2-1-3-5-7/h1-6,9,12H/b8-6-. The Balaban J connectivity index is 2.86. The van der Waals surface area contributed by atoms with Crippen LogP contribution in [-0.4, -0.2) is 5.11 Å². The molecule has 0 fully saturated rings. The molecule has 12 heavy (non-hydrogen) atoms. The Labute approximate surface area is 69.0 Å². The lowest BCUT2D eigenvalue weighted by Gasteiger charge is -2.06. The largest absolute Gasteiger partial charge is 0.381 e. The minimum Gasteiger partial charge on any atom is -0.381 e. The summed E-state index contributed by atoms with van der Waals surface area (Å²) in [5.74, 6) is -1.18. The van der Waals surface area contributed by atoms with E-state index in [0.29, 0.717) is 5.56 Å². The van der Waals surface area contributed by atoms with E-state index in [1.165, 1.54) is 12.1 Å². The van der Waals surface area contributed by atoms with E-state index in [2.05, 4.69) is 0 Å². The highest BCUT2D eigenvalue weighted by atomic mass is 19.2. The van der Waals surface area contributed by atoms with Crippen molar-refractivity contribution >= 4 is 0 Å². The number of benzene rings is 1. The number of aliphatic hydroxyl groups is 1. The van der Waals surface area contributed by atoms with Gasteiger partial charge in [-0.3, -0.25) is 0 Å². The fourth-order valence-corrected chi connectivity index (χ4v) is 0.854. The molecular formula is C9H8F2O. The molecule has 1 nitrogen and oxygen atoms in total. The first-order valence-electron chi connectivity index (χ1n) is 3.44. The fourth-order valence-electron chi connectivity index (χ4n) is 0.854. The first kappa shape index (κ1) is 8.87. The molecule has 0 bridgehead atoms. The van der Waals surface area contributed by atoms with Gasteiger partial charge in [0.25, 0.3) is 0 Å². The van der Waals surface area contributed by atoms with Crippen molar-refractivity contribution in [2.45, 2.75) is 6.10 Å². The van der Waals surface area contributed by atoms with E-state index < -0.39 is 11.9 Å². The summed E-state index contributed by atoms with van der Waals surface area (Å²) in [7, 11) is 0. The number of hydrogen-bond acceptors (Lipinski definition) is 1.